The molecule has 0 unspecified atom stereocenters. The molecule has 5 nitrogen and oxygen atoms in total. The highest BCUT2D eigenvalue weighted by Gasteiger charge is 2.05. The highest BCUT2D eigenvalue weighted by Crippen LogP contribution is 2.18. The molecular formula is C12H18N4OS. The first kappa shape index (κ1) is 13.2. The van der Waals surface area contributed by atoms with Gasteiger partial charge in [-0.15, -0.1) is 0 Å². The van der Waals surface area contributed by atoms with Crippen LogP contribution in [0, 0.1) is 0 Å². The molecule has 0 saturated carbocycles. The molecule has 0 saturated heterocycles. The van der Waals surface area contributed by atoms with Crippen LogP contribution in [-0.2, 0) is 7.05 Å². The predicted molar refractivity (Wildman–Crippen MR) is 76.0 cm³/mol. The van der Waals surface area contributed by atoms with E-state index in [4.69, 9.17) is 5.11 Å². The van der Waals surface area contributed by atoms with Gasteiger partial charge in [-0.3, -0.25) is 0 Å². The number of nitrogens with zero attached hydrogens (tertiary/aromatic N) is 3. The zero-order chi connectivity index (χ0) is 12.8. The van der Waals surface area contributed by atoms with Crippen molar-refractivity contribution in [2.75, 3.05) is 30.0 Å². The number of aryl methyl sites for hydroxylation is 1. The second kappa shape index (κ2) is 6.61. The van der Waals surface area contributed by atoms with Crippen LogP contribution in [-0.4, -0.2) is 44.3 Å². The summed E-state index contributed by atoms with van der Waals surface area (Å²) in [4.78, 5) is 8.66. The average Bonchev–Trinajstić information content (AvgIpc) is 2.77. The second-order valence-electron chi connectivity index (χ2n) is 4.00. The first-order valence-electron chi connectivity index (χ1n) is 6.01. The van der Waals surface area contributed by atoms with Gasteiger partial charge in [0.2, 0.25) is 0 Å². The Balaban J connectivity index is 1.88. The third-order valence-electron chi connectivity index (χ3n) is 2.63. The number of hydrogen-bond acceptors (Lipinski definition) is 5. The van der Waals surface area contributed by atoms with E-state index in [9.17, 15) is 0 Å². The van der Waals surface area contributed by atoms with Gasteiger partial charge in [-0.25, -0.2) is 9.97 Å². The Morgan fingerprint density at radius 3 is 3.11 bits per heavy atom. The molecule has 2 N–H and O–H groups in total. The molecule has 0 aliphatic heterocycles. The van der Waals surface area contributed by atoms with Gasteiger partial charge in [0.25, 0.3) is 0 Å². The van der Waals surface area contributed by atoms with Gasteiger partial charge in [0.1, 0.15) is 5.52 Å². The van der Waals surface area contributed by atoms with Crippen molar-refractivity contribution in [3.8, 4) is 0 Å². The quantitative estimate of drug-likeness (QED) is 0.744. The summed E-state index contributed by atoms with van der Waals surface area (Å²) in [5.74, 6) is 2.85. The third kappa shape index (κ3) is 3.14. The second-order valence-corrected chi connectivity index (χ2v) is 5.22. The summed E-state index contributed by atoms with van der Waals surface area (Å²) in [6.07, 6.45) is 4.46. The normalized spacial score (nSPS) is 11.0. The SMILES string of the molecule is Cn1cnc2c(NCCSCCCO)nccc21. The number of thioether (sulfide) groups is 1. The maximum atomic E-state index is 8.67. The molecule has 6 heteroatoms. The first-order chi connectivity index (χ1) is 8.83. The lowest BCUT2D eigenvalue weighted by atomic mass is 10.4. The summed E-state index contributed by atoms with van der Waals surface area (Å²) in [5, 5.41) is 12.0. The van der Waals surface area contributed by atoms with Gasteiger partial charge in [-0.2, -0.15) is 11.8 Å². The molecular weight excluding hydrogens is 248 g/mol. The Morgan fingerprint density at radius 2 is 2.28 bits per heavy atom. The monoisotopic (exact) mass is 266 g/mol. The molecule has 0 spiro atoms. The standard InChI is InChI=1S/C12H18N4OS/c1-16-9-15-11-10(16)3-4-13-12(11)14-5-8-18-7-2-6-17/h3-4,9,17H,2,5-8H2,1H3,(H,13,14). The zero-order valence-electron chi connectivity index (χ0n) is 10.5. The van der Waals surface area contributed by atoms with Crippen LogP contribution < -0.4 is 5.32 Å². The molecule has 0 aromatic carbocycles. The van der Waals surface area contributed by atoms with Crippen LogP contribution in [0.1, 0.15) is 6.42 Å². The maximum absolute atomic E-state index is 8.67. The summed E-state index contributed by atoms with van der Waals surface area (Å²) in [7, 11) is 1.98. The minimum absolute atomic E-state index is 0.273. The van der Waals surface area contributed by atoms with Crippen molar-refractivity contribution in [2.24, 2.45) is 7.05 Å². The van der Waals surface area contributed by atoms with Gasteiger partial charge >= 0.3 is 0 Å². The molecule has 18 heavy (non-hydrogen) atoms. The predicted octanol–water partition coefficient (Wildman–Crippen LogP) is 1.50. The van der Waals surface area contributed by atoms with E-state index in [0.29, 0.717) is 0 Å². The first-order valence-corrected chi connectivity index (χ1v) is 7.17. The molecule has 0 aliphatic carbocycles. The lowest BCUT2D eigenvalue weighted by molar-refractivity contribution is 0.296. The van der Waals surface area contributed by atoms with E-state index < -0.39 is 0 Å². The van der Waals surface area contributed by atoms with Crippen molar-refractivity contribution in [2.45, 2.75) is 6.42 Å². The molecule has 2 aromatic rings. The molecule has 0 amide bonds. The molecule has 0 radical (unpaired) electrons. The van der Waals surface area contributed by atoms with E-state index in [1.54, 1.807) is 12.5 Å². The maximum Gasteiger partial charge on any atom is 0.154 e. The van der Waals surface area contributed by atoms with Crippen molar-refractivity contribution in [1.29, 1.82) is 0 Å². The summed E-state index contributed by atoms with van der Waals surface area (Å²) < 4.78 is 1.98. The molecule has 2 aromatic heterocycles. The van der Waals surface area contributed by atoms with Crippen LogP contribution in [0.5, 0.6) is 0 Å². The van der Waals surface area contributed by atoms with Crippen molar-refractivity contribution in [1.82, 2.24) is 14.5 Å². The number of imidazole rings is 1. The van der Waals surface area contributed by atoms with Crippen LogP contribution in [0.15, 0.2) is 18.6 Å². The zero-order valence-corrected chi connectivity index (χ0v) is 11.3. The molecule has 0 atom stereocenters. The van der Waals surface area contributed by atoms with Gasteiger partial charge in [0.15, 0.2) is 5.82 Å². The molecule has 98 valence electrons. The lowest BCUT2D eigenvalue weighted by Crippen LogP contribution is -2.06. The smallest absolute Gasteiger partial charge is 0.154 e. The largest absolute Gasteiger partial charge is 0.396 e. The number of aliphatic hydroxyl groups is 1. The number of anilines is 1. The van der Waals surface area contributed by atoms with Gasteiger partial charge in [0.05, 0.1) is 11.8 Å². The number of nitrogens with one attached hydrogen (secondary N) is 1. The van der Waals surface area contributed by atoms with E-state index in [-0.39, 0.29) is 6.61 Å². The van der Waals surface area contributed by atoms with Crippen molar-refractivity contribution in [3.05, 3.63) is 18.6 Å². The number of rotatable bonds is 7. The van der Waals surface area contributed by atoms with Crippen LogP contribution in [0.2, 0.25) is 0 Å². The summed E-state index contributed by atoms with van der Waals surface area (Å²) in [6.45, 7) is 1.13. The lowest BCUT2D eigenvalue weighted by Gasteiger charge is -2.06. The Labute approximate surface area is 111 Å². The molecule has 0 aliphatic rings. The van der Waals surface area contributed by atoms with E-state index >= 15 is 0 Å². The Hall–Kier alpha value is -1.27. The number of pyridine rings is 1. The molecule has 0 fully saturated rings. The summed E-state index contributed by atoms with van der Waals surface area (Å²) >= 11 is 1.83. The van der Waals surface area contributed by atoms with E-state index in [1.807, 2.05) is 29.4 Å². The Bertz CT molecular complexity index is 500. The van der Waals surface area contributed by atoms with Crippen molar-refractivity contribution in [3.63, 3.8) is 0 Å². The van der Waals surface area contributed by atoms with Crippen molar-refractivity contribution >= 4 is 28.6 Å². The van der Waals surface area contributed by atoms with Crippen LogP contribution in [0.4, 0.5) is 5.82 Å². The Kier molecular flexibility index (Phi) is 4.83. The van der Waals surface area contributed by atoms with Gasteiger partial charge in [-0.1, -0.05) is 0 Å². The average molecular weight is 266 g/mol. The molecule has 0 bridgehead atoms. The number of aliphatic hydroxyl groups excluding tert-OH is 1. The third-order valence-corrected chi connectivity index (χ3v) is 3.70. The van der Waals surface area contributed by atoms with Crippen LogP contribution in [0.25, 0.3) is 11.0 Å². The fourth-order valence-electron chi connectivity index (χ4n) is 1.70. The number of hydrogen-bond donors (Lipinski definition) is 2. The number of aromatic nitrogens is 3. The molecule has 2 rings (SSSR count). The minimum atomic E-state index is 0.273. The Morgan fingerprint density at radius 1 is 1.39 bits per heavy atom. The van der Waals surface area contributed by atoms with Crippen LogP contribution in [0.3, 0.4) is 0 Å². The van der Waals surface area contributed by atoms with Gasteiger partial charge in [0, 0.05) is 32.1 Å². The highest BCUT2D eigenvalue weighted by molar-refractivity contribution is 7.99. The summed E-state index contributed by atoms with van der Waals surface area (Å²) in [5.41, 5.74) is 2.00. The summed E-state index contributed by atoms with van der Waals surface area (Å²) in [6, 6.07) is 1.96. The van der Waals surface area contributed by atoms with Gasteiger partial charge in [-0.05, 0) is 18.2 Å². The van der Waals surface area contributed by atoms with Gasteiger partial charge < -0.3 is 15.0 Å². The topological polar surface area (TPSA) is 63.0 Å². The van der Waals surface area contributed by atoms with E-state index in [0.717, 1.165) is 41.3 Å². The highest BCUT2D eigenvalue weighted by atomic mass is 32.2. The van der Waals surface area contributed by atoms with Crippen LogP contribution >= 0.6 is 11.8 Å². The fourth-order valence-corrected chi connectivity index (χ4v) is 2.49. The fraction of sp³-hybridized carbons (Fsp3) is 0.500. The van der Waals surface area contributed by atoms with E-state index in [1.165, 1.54) is 0 Å². The number of fused-ring (bicyclic) bond motifs is 1. The minimum Gasteiger partial charge on any atom is -0.396 e. The van der Waals surface area contributed by atoms with Crippen molar-refractivity contribution < 1.29 is 5.11 Å². The molecule has 2 heterocycles. The van der Waals surface area contributed by atoms with E-state index in [2.05, 4.69) is 15.3 Å².